The summed E-state index contributed by atoms with van der Waals surface area (Å²) in [5.74, 6) is -2.17. The highest BCUT2D eigenvalue weighted by Gasteiger charge is 2.13. The van der Waals surface area contributed by atoms with Crippen molar-refractivity contribution in [2.24, 2.45) is 0 Å². The smallest absolute Gasteiger partial charge is 0.335 e. The van der Waals surface area contributed by atoms with E-state index in [0.29, 0.717) is 11.1 Å². The van der Waals surface area contributed by atoms with Crippen molar-refractivity contribution in [2.45, 2.75) is 13.8 Å². The third kappa shape index (κ3) is 5.09. The molecule has 0 saturated heterocycles. The van der Waals surface area contributed by atoms with Crippen LogP contribution in [0, 0.1) is 34.1 Å². The molecule has 0 amide bonds. The zero-order chi connectivity index (χ0) is 20.0. The molecular weight excluding hydrogens is 348 g/mol. The van der Waals surface area contributed by atoms with Gasteiger partial charge in [-0.3, -0.25) is 20.2 Å². The van der Waals surface area contributed by atoms with Gasteiger partial charge in [-0.25, -0.2) is 9.59 Å². The van der Waals surface area contributed by atoms with Crippen LogP contribution in [-0.2, 0) is 0 Å². The summed E-state index contributed by atoms with van der Waals surface area (Å²) in [4.78, 5) is 40.6. The lowest BCUT2D eigenvalue weighted by Gasteiger charge is -1.97. The van der Waals surface area contributed by atoms with Crippen LogP contribution >= 0.6 is 0 Å². The zero-order valence-electron chi connectivity index (χ0n) is 13.7. The van der Waals surface area contributed by atoms with E-state index in [-0.39, 0.29) is 22.5 Å². The standard InChI is InChI=1S/2C8H7NO4/c2*1-5-4-6(8(10)11)2-3-7(5)9(12)13/h2*2-4H,1H3,(H,10,11). The van der Waals surface area contributed by atoms with Gasteiger partial charge in [-0.15, -0.1) is 0 Å². The van der Waals surface area contributed by atoms with Gasteiger partial charge in [0, 0.05) is 23.3 Å². The number of benzene rings is 2. The van der Waals surface area contributed by atoms with Crippen molar-refractivity contribution in [1.29, 1.82) is 0 Å². The SMILES string of the molecule is Cc1cc(C(=O)O)ccc1[N+](=O)[O-].Cc1cc(C(=O)O)ccc1[N+](=O)[O-]. The minimum Gasteiger partial charge on any atom is -0.478 e. The molecule has 0 atom stereocenters. The van der Waals surface area contributed by atoms with Gasteiger partial charge in [-0.2, -0.15) is 0 Å². The van der Waals surface area contributed by atoms with Crippen LogP contribution in [-0.4, -0.2) is 32.0 Å². The predicted octanol–water partition coefficient (Wildman–Crippen LogP) is 3.20. The number of nitro groups is 2. The van der Waals surface area contributed by atoms with Gasteiger partial charge >= 0.3 is 11.9 Å². The molecule has 0 aromatic heterocycles. The van der Waals surface area contributed by atoms with Crippen LogP contribution in [0.25, 0.3) is 0 Å². The molecule has 0 saturated carbocycles. The molecular formula is C16H14N2O8. The van der Waals surface area contributed by atoms with E-state index in [1.54, 1.807) is 0 Å². The van der Waals surface area contributed by atoms with Gasteiger partial charge in [0.25, 0.3) is 11.4 Å². The summed E-state index contributed by atoms with van der Waals surface area (Å²) in [6.07, 6.45) is 0. The maximum Gasteiger partial charge on any atom is 0.335 e. The molecule has 2 rings (SSSR count). The second-order valence-corrected chi connectivity index (χ2v) is 5.13. The summed E-state index contributed by atoms with van der Waals surface area (Å²) in [6, 6.07) is 7.37. The van der Waals surface area contributed by atoms with Crippen LogP contribution < -0.4 is 0 Å². The summed E-state index contributed by atoms with van der Waals surface area (Å²) in [6.45, 7) is 3.01. The van der Waals surface area contributed by atoms with E-state index in [1.807, 2.05) is 0 Å². The Kier molecular flexibility index (Phi) is 6.48. The second-order valence-electron chi connectivity index (χ2n) is 5.13. The molecule has 2 N–H and O–H groups in total. The zero-order valence-corrected chi connectivity index (χ0v) is 13.7. The topological polar surface area (TPSA) is 161 Å². The first-order valence-electron chi connectivity index (χ1n) is 7.01. The summed E-state index contributed by atoms with van der Waals surface area (Å²) in [7, 11) is 0. The van der Waals surface area contributed by atoms with Crippen LogP contribution in [0.4, 0.5) is 11.4 Å². The van der Waals surface area contributed by atoms with Crippen molar-refractivity contribution in [3.8, 4) is 0 Å². The van der Waals surface area contributed by atoms with Crippen molar-refractivity contribution in [3.63, 3.8) is 0 Å². The van der Waals surface area contributed by atoms with Crippen molar-refractivity contribution in [1.82, 2.24) is 0 Å². The largest absolute Gasteiger partial charge is 0.478 e. The molecule has 10 heteroatoms. The Hall–Kier alpha value is -3.82. The molecule has 26 heavy (non-hydrogen) atoms. The number of rotatable bonds is 4. The molecule has 136 valence electrons. The average molecular weight is 362 g/mol. The number of hydrogen-bond donors (Lipinski definition) is 2. The van der Waals surface area contributed by atoms with Gasteiger partial charge in [-0.1, -0.05) is 0 Å². The van der Waals surface area contributed by atoms with Gasteiger partial charge in [0.1, 0.15) is 0 Å². The molecule has 0 heterocycles. The molecule has 10 nitrogen and oxygen atoms in total. The number of carboxylic acid groups (broad SMARTS) is 2. The molecule has 0 bridgehead atoms. The van der Waals surface area contributed by atoms with E-state index in [2.05, 4.69) is 0 Å². The van der Waals surface area contributed by atoms with E-state index in [0.717, 1.165) is 0 Å². The fraction of sp³-hybridized carbons (Fsp3) is 0.125. The Morgan fingerprint density at radius 1 is 0.769 bits per heavy atom. The maximum atomic E-state index is 10.5. The van der Waals surface area contributed by atoms with E-state index in [4.69, 9.17) is 10.2 Å². The van der Waals surface area contributed by atoms with Gasteiger partial charge in [0.2, 0.25) is 0 Å². The lowest BCUT2D eigenvalue weighted by Crippen LogP contribution is -1.98. The fourth-order valence-electron chi connectivity index (χ4n) is 1.99. The quantitative estimate of drug-likeness (QED) is 0.619. The minimum absolute atomic E-state index is 0.0584. The molecule has 0 unspecified atom stereocenters. The van der Waals surface area contributed by atoms with Crippen LogP contribution in [0.3, 0.4) is 0 Å². The first-order chi connectivity index (χ1) is 12.0. The summed E-state index contributed by atoms with van der Waals surface area (Å²) in [5.41, 5.74) is 0.691. The molecule has 0 aliphatic rings. The van der Waals surface area contributed by atoms with E-state index in [9.17, 15) is 29.8 Å². The highest BCUT2D eigenvalue weighted by Crippen LogP contribution is 2.19. The van der Waals surface area contributed by atoms with Crippen LogP contribution in [0.5, 0.6) is 0 Å². The highest BCUT2D eigenvalue weighted by atomic mass is 16.6. The number of carboxylic acids is 2. The van der Waals surface area contributed by atoms with Crippen molar-refractivity contribution >= 4 is 23.3 Å². The van der Waals surface area contributed by atoms with Crippen LogP contribution in [0.1, 0.15) is 31.8 Å². The molecule has 0 aliphatic heterocycles. The predicted molar refractivity (Wildman–Crippen MR) is 89.6 cm³/mol. The number of hydrogen-bond acceptors (Lipinski definition) is 6. The third-order valence-corrected chi connectivity index (χ3v) is 3.28. The number of aryl methyl sites for hydroxylation is 2. The Bertz CT molecular complexity index is 818. The summed E-state index contributed by atoms with van der Waals surface area (Å²) >= 11 is 0. The lowest BCUT2D eigenvalue weighted by molar-refractivity contribution is -0.385. The van der Waals surface area contributed by atoms with Gasteiger partial charge in [0.05, 0.1) is 21.0 Å². The van der Waals surface area contributed by atoms with Gasteiger partial charge in [0.15, 0.2) is 0 Å². The number of nitrogens with zero attached hydrogens (tertiary/aromatic N) is 2. The monoisotopic (exact) mass is 362 g/mol. The van der Waals surface area contributed by atoms with Crippen LogP contribution in [0.2, 0.25) is 0 Å². The van der Waals surface area contributed by atoms with Crippen molar-refractivity contribution in [2.75, 3.05) is 0 Å². The maximum absolute atomic E-state index is 10.5. The summed E-state index contributed by atoms with van der Waals surface area (Å²) < 4.78 is 0. The van der Waals surface area contributed by atoms with E-state index in [1.165, 1.54) is 50.2 Å². The minimum atomic E-state index is -1.09. The Balaban J connectivity index is 0.000000260. The normalized spacial score (nSPS) is 9.62. The average Bonchev–Trinajstić information content (AvgIpc) is 2.54. The van der Waals surface area contributed by atoms with Crippen LogP contribution in [0.15, 0.2) is 36.4 Å². The van der Waals surface area contributed by atoms with Crippen molar-refractivity contribution < 1.29 is 29.6 Å². The molecule has 2 aromatic carbocycles. The van der Waals surface area contributed by atoms with E-state index >= 15 is 0 Å². The fourth-order valence-corrected chi connectivity index (χ4v) is 1.99. The number of carbonyl (C=O) groups is 2. The Morgan fingerprint density at radius 3 is 1.27 bits per heavy atom. The van der Waals surface area contributed by atoms with Gasteiger partial charge in [-0.05, 0) is 38.1 Å². The molecule has 0 radical (unpaired) electrons. The summed E-state index contributed by atoms with van der Waals surface area (Å²) in [5, 5.41) is 37.9. The first kappa shape index (κ1) is 20.2. The molecule has 0 spiro atoms. The second kappa shape index (κ2) is 8.33. The molecule has 0 fully saturated rings. The van der Waals surface area contributed by atoms with E-state index < -0.39 is 21.8 Å². The highest BCUT2D eigenvalue weighted by molar-refractivity contribution is 5.88. The third-order valence-electron chi connectivity index (χ3n) is 3.28. The number of aromatic carboxylic acids is 2. The molecule has 0 aliphatic carbocycles. The lowest BCUT2D eigenvalue weighted by atomic mass is 10.1. The van der Waals surface area contributed by atoms with Crippen molar-refractivity contribution in [3.05, 3.63) is 78.9 Å². The molecule has 2 aromatic rings. The number of nitro benzene ring substituents is 2. The Labute approximate surface area is 146 Å². The first-order valence-corrected chi connectivity index (χ1v) is 7.01. The van der Waals surface area contributed by atoms with Gasteiger partial charge < -0.3 is 10.2 Å². The Morgan fingerprint density at radius 2 is 1.08 bits per heavy atom.